The number of nitrogens with zero attached hydrogens (tertiary/aromatic N) is 1. The maximum absolute atomic E-state index is 10.8. The number of rotatable bonds is 1. The van der Waals surface area contributed by atoms with Crippen LogP contribution in [0.25, 0.3) is 0 Å². The van der Waals surface area contributed by atoms with Crippen LogP contribution in [0.4, 0.5) is 0 Å². The zero-order valence-electron chi connectivity index (χ0n) is 6.96. The number of carbonyl (C=O) groups excluding carboxylic acids is 1. The maximum atomic E-state index is 10.8. The lowest BCUT2D eigenvalue weighted by Crippen LogP contribution is -2.01. The predicted molar refractivity (Wildman–Crippen MR) is 53.7 cm³/mol. The average Bonchev–Trinajstić information content (AvgIpc) is 2.56. The average molecular weight is 230 g/mol. The van der Waals surface area contributed by atoms with Gasteiger partial charge in [-0.15, -0.1) is 0 Å². The number of oxime groups is 1. The monoisotopic (exact) mass is 229 g/mol. The first-order valence-corrected chi connectivity index (χ1v) is 4.64. The van der Waals surface area contributed by atoms with Crippen LogP contribution in [0.5, 0.6) is 0 Å². The Morgan fingerprint density at radius 2 is 2.14 bits per heavy atom. The van der Waals surface area contributed by atoms with Crippen LogP contribution in [0, 0.1) is 0 Å². The van der Waals surface area contributed by atoms with Gasteiger partial charge in [-0.05, 0) is 18.2 Å². The molecule has 0 saturated heterocycles. The molecule has 1 heterocycles. The second-order valence-electron chi connectivity index (χ2n) is 2.80. The van der Waals surface area contributed by atoms with E-state index < -0.39 is 0 Å². The Labute approximate surface area is 90.3 Å². The molecule has 0 unspecified atom stereocenters. The molecule has 0 saturated carbocycles. The summed E-state index contributed by atoms with van der Waals surface area (Å²) in [6.45, 7) is 0. The van der Waals surface area contributed by atoms with Gasteiger partial charge >= 0.3 is 5.97 Å². The topological polar surface area (TPSA) is 38.7 Å². The van der Waals surface area contributed by atoms with Crippen LogP contribution < -0.4 is 0 Å². The lowest BCUT2D eigenvalue weighted by molar-refractivity contribution is -0.140. The largest absolute Gasteiger partial charge is 0.341 e. The quantitative estimate of drug-likeness (QED) is 0.695. The number of halogens is 2. The molecule has 0 amide bonds. The standard InChI is InChI=1S/C9H5Cl2NO2/c10-5-1-2-7(11)6(3-5)8-4-9(13)14-12-8/h1-3H,4H2. The summed E-state index contributed by atoms with van der Waals surface area (Å²) >= 11 is 11.7. The van der Waals surface area contributed by atoms with E-state index >= 15 is 0 Å². The lowest BCUT2D eigenvalue weighted by Gasteiger charge is -2.01. The molecular weight excluding hydrogens is 225 g/mol. The van der Waals surface area contributed by atoms with Crippen LogP contribution >= 0.6 is 23.2 Å². The first-order valence-electron chi connectivity index (χ1n) is 3.89. The van der Waals surface area contributed by atoms with Gasteiger partial charge in [0.2, 0.25) is 0 Å². The Hall–Kier alpha value is -1.06. The SMILES string of the molecule is O=C1CC(c2cc(Cl)ccc2Cl)=NO1. The summed E-state index contributed by atoms with van der Waals surface area (Å²) in [5, 5.41) is 4.67. The minimum atomic E-state index is -0.379. The van der Waals surface area contributed by atoms with Crippen molar-refractivity contribution in [1.82, 2.24) is 0 Å². The summed E-state index contributed by atoms with van der Waals surface area (Å²) in [5.74, 6) is -0.379. The van der Waals surface area contributed by atoms with E-state index in [2.05, 4.69) is 9.99 Å². The summed E-state index contributed by atoms with van der Waals surface area (Å²) in [5.41, 5.74) is 1.16. The van der Waals surface area contributed by atoms with Crippen LogP contribution in [-0.2, 0) is 9.63 Å². The van der Waals surface area contributed by atoms with Gasteiger partial charge in [0.25, 0.3) is 0 Å². The molecule has 14 heavy (non-hydrogen) atoms. The Balaban J connectivity index is 2.41. The van der Waals surface area contributed by atoms with Gasteiger partial charge in [-0.2, -0.15) is 0 Å². The Morgan fingerprint density at radius 1 is 1.36 bits per heavy atom. The molecule has 0 atom stereocenters. The molecule has 1 aromatic carbocycles. The number of hydrogen-bond donors (Lipinski definition) is 0. The van der Waals surface area contributed by atoms with Gasteiger partial charge in [0, 0.05) is 15.6 Å². The van der Waals surface area contributed by atoms with E-state index in [4.69, 9.17) is 23.2 Å². The van der Waals surface area contributed by atoms with Crippen molar-refractivity contribution < 1.29 is 9.63 Å². The van der Waals surface area contributed by atoms with Crippen molar-refractivity contribution in [2.24, 2.45) is 5.16 Å². The van der Waals surface area contributed by atoms with E-state index in [-0.39, 0.29) is 12.4 Å². The van der Waals surface area contributed by atoms with Crippen molar-refractivity contribution in [3.05, 3.63) is 33.8 Å². The fraction of sp³-hybridized carbons (Fsp3) is 0.111. The molecule has 1 aliphatic rings. The number of carbonyl (C=O) groups is 1. The first-order chi connectivity index (χ1) is 6.66. The van der Waals surface area contributed by atoms with Gasteiger partial charge in [-0.1, -0.05) is 28.4 Å². The molecule has 0 fully saturated rings. The summed E-state index contributed by atoms with van der Waals surface area (Å²) in [6.07, 6.45) is 0.139. The second kappa shape index (κ2) is 3.59. The minimum absolute atomic E-state index is 0.139. The highest BCUT2D eigenvalue weighted by atomic mass is 35.5. The van der Waals surface area contributed by atoms with Crippen molar-refractivity contribution >= 4 is 34.9 Å². The van der Waals surface area contributed by atoms with Crippen LogP contribution in [0.3, 0.4) is 0 Å². The predicted octanol–water partition coefficient (Wildman–Crippen LogP) is 2.64. The molecule has 0 N–H and O–H groups in total. The Bertz CT molecular complexity index is 429. The summed E-state index contributed by atoms with van der Waals surface area (Å²) < 4.78 is 0. The van der Waals surface area contributed by atoms with Crippen LogP contribution in [0.2, 0.25) is 10.0 Å². The molecule has 0 spiro atoms. The summed E-state index contributed by atoms with van der Waals surface area (Å²) in [7, 11) is 0. The van der Waals surface area contributed by atoms with E-state index in [9.17, 15) is 4.79 Å². The highest BCUT2D eigenvalue weighted by Crippen LogP contribution is 2.24. The molecule has 5 heteroatoms. The van der Waals surface area contributed by atoms with Crippen molar-refractivity contribution in [3.8, 4) is 0 Å². The Kier molecular flexibility index (Phi) is 2.44. The van der Waals surface area contributed by atoms with Gasteiger partial charge in [-0.25, -0.2) is 4.79 Å². The van der Waals surface area contributed by atoms with Crippen LogP contribution in [0.1, 0.15) is 12.0 Å². The van der Waals surface area contributed by atoms with Crippen LogP contribution in [0.15, 0.2) is 23.4 Å². The minimum Gasteiger partial charge on any atom is -0.318 e. The molecule has 0 bridgehead atoms. The van der Waals surface area contributed by atoms with Gasteiger partial charge < -0.3 is 4.84 Å². The van der Waals surface area contributed by atoms with E-state index in [0.29, 0.717) is 21.3 Å². The van der Waals surface area contributed by atoms with Crippen molar-refractivity contribution in [2.75, 3.05) is 0 Å². The molecule has 72 valence electrons. The second-order valence-corrected chi connectivity index (χ2v) is 3.65. The van der Waals surface area contributed by atoms with E-state index in [0.717, 1.165) is 0 Å². The van der Waals surface area contributed by atoms with Gasteiger partial charge in [0.1, 0.15) is 5.71 Å². The molecule has 0 aromatic heterocycles. The molecule has 0 radical (unpaired) electrons. The van der Waals surface area contributed by atoms with Crippen molar-refractivity contribution in [3.63, 3.8) is 0 Å². The number of hydrogen-bond acceptors (Lipinski definition) is 3. The summed E-state index contributed by atoms with van der Waals surface area (Å²) in [6, 6.07) is 4.99. The van der Waals surface area contributed by atoms with E-state index in [1.54, 1.807) is 18.2 Å². The molecule has 3 nitrogen and oxygen atoms in total. The zero-order valence-corrected chi connectivity index (χ0v) is 8.47. The Morgan fingerprint density at radius 3 is 2.79 bits per heavy atom. The van der Waals surface area contributed by atoms with E-state index in [1.807, 2.05) is 0 Å². The lowest BCUT2D eigenvalue weighted by atomic mass is 10.1. The highest BCUT2D eigenvalue weighted by molar-refractivity contribution is 6.36. The maximum Gasteiger partial charge on any atom is 0.341 e. The molecular formula is C9H5Cl2NO2. The third kappa shape index (κ3) is 1.74. The van der Waals surface area contributed by atoms with Crippen LogP contribution in [-0.4, -0.2) is 11.7 Å². The van der Waals surface area contributed by atoms with Crippen molar-refractivity contribution in [1.29, 1.82) is 0 Å². The normalized spacial score (nSPS) is 15.3. The molecule has 1 aliphatic heterocycles. The smallest absolute Gasteiger partial charge is 0.318 e. The first kappa shape index (κ1) is 9.49. The van der Waals surface area contributed by atoms with Gasteiger partial charge in [-0.3, -0.25) is 0 Å². The molecule has 0 aliphatic carbocycles. The fourth-order valence-corrected chi connectivity index (χ4v) is 1.57. The summed E-state index contributed by atoms with van der Waals surface area (Å²) in [4.78, 5) is 15.3. The number of benzene rings is 1. The highest BCUT2D eigenvalue weighted by Gasteiger charge is 2.20. The fourth-order valence-electron chi connectivity index (χ4n) is 1.17. The molecule has 1 aromatic rings. The van der Waals surface area contributed by atoms with E-state index in [1.165, 1.54) is 0 Å². The third-order valence-electron chi connectivity index (χ3n) is 1.81. The zero-order chi connectivity index (χ0) is 10.1. The third-order valence-corrected chi connectivity index (χ3v) is 2.37. The van der Waals surface area contributed by atoms with Gasteiger partial charge in [0.15, 0.2) is 0 Å². The molecule has 2 rings (SSSR count). The van der Waals surface area contributed by atoms with Crippen molar-refractivity contribution in [2.45, 2.75) is 6.42 Å². The van der Waals surface area contributed by atoms with Gasteiger partial charge in [0.05, 0.1) is 6.42 Å².